The van der Waals surface area contributed by atoms with Gasteiger partial charge in [0, 0.05) is 23.5 Å². The fraction of sp³-hybridized carbons (Fsp3) is 0.143. The van der Waals surface area contributed by atoms with Gasteiger partial charge in [-0.05, 0) is 72.8 Å². The monoisotopic (exact) mass is 492 g/mol. The summed E-state index contributed by atoms with van der Waals surface area (Å²) < 4.78 is 37.3. The van der Waals surface area contributed by atoms with E-state index in [0.29, 0.717) is 34.4 Å². The third kappa shape index (κ3) is 7.52. The Labute approximate surface area is 208 Å². The number of nitrogen functional groups attached to an aromatic ring is 2. The minimum Gasteiger partial charge on any atom is -0.457 e. The van der Waals surface area contributed by atoms with Gasteiger partial charge in [0.25, 0.3) is 0 Å². The zero-order valence-corrected chi connectivity index (χ0v) is 21.3. The molecule has 0 aliphatic rings. The zero-order valence-electron chi connectivity index (χ0n) is 20.4. The van der Waals surface area contributed by atoms with Gasteiger partial charge in [0.1, 0.15) is 23.0 Å². The SMILES string of the molecule is CC.CC.Nc1cccc(Oc2ccc(S(=O)(=O)c3ccc(Oc4cccc(N)c4)cc3)cc2)c1. The summed E-state index contributed by atoms with van der Waals surface area (Å²) >= 11 is 0. The average molecular weight is 493 g/mol. The van der Waals surface area contributed by atoms with Crippen LogP contribution in [0.15, 0.2) is 107 Å². The van der Waals surface area contributed by atoms with Gasteiger partial charge >= 0.3 is 0 Å². The van der Waals surface area contributed by atoms with Gasteiger partial charge < -0.3 is 20.9 Å². The molecule has 184 valence electrons. The molecule has 0 radical (unpaired) electrons. The van der Waals surface area contributed by atoms with E-state index in [4.69, 9.17) is 20.9 Å². The molecule has 0 fully saturated rings. The second-order valence-electron chi connectivity index (χ2n) is 6.80. The number of anilines is 2. The average Bonchev–Trinajstić information content (AvgIpc) is 2.87. The van der Waals surface area contributed by atoms with Crippen molar-refractivity contribution in [3.8, 4) is 23.0 Å². The lowest BCUT2D eigenvalue weighted by Gasteiger charge is -2.10. The number of benzene rings is 4. The van der Waals surface area contributed by atoms with Gasteiger partial charge in [-0.25, -0.2) is 8.42 Å². The molecule has 0 amide bonds. The molecule has 4 rings (SSSR count). The van der Waals surface area contributed by atoms with Crippen molar-refractivity contribution < 1.29 is 17.9 Å². The molecular weight excluding hydrogens is 460 g/mol. The van der Waals surface area contributed by atoms with Crippen molar-refractivity contribution in [2.75, 3.05) is 11.5 Å². The molecular formula is C28H32N2O4S. The van der Waals surface area contributed by atoms with E-state index in [0.717, 1.165) is 0 Å². The van der Waals surface area contributed by atoms with E-state index < -0.39 is 9.84 Å². The predicted octanol–water partition coefficient (Wildman–Crippen LogP) is 7.32. The molecule has 0 unspecified atom stereocenters. The Morgan fingerprint density at radius 1 is 0.514 bits per heavy atom. The lowest BCUT2D eigenvalue weighted by molar-refractivity contribution is 0.482. The van der Waals surface area contributed by atoms with Crippen LogP contribution in [0.25, 0.3) is 0 Å². The zero-order chi connectivity index (χ0) is 25.8. The van der Waals surface area contributed by atoms with Gasteiger partial charge in [-0.2, -0.15) is 0 Å². The van der Waals surface area contributed by atoms with Gasteiger partial charge in [-0.15, -0.1) is 0 Å². The number of hydrogen-bond donors (Lipinski definition) is 2. The molecule has 0 heterocycles. The number of sulfone groups is 1. The lowest BCUT2D eigenvalue weighted by atomic mass is 10.3. The van der Waals surface area contributed by atoms with Crippen molar-refractivity contribution in [3.63, 3.8) is 0 Å². The molecule has 35 heavy (non-hydrogen) atoms. The summed E-state index contributed by atoms with van der Waals surface area (Å²) in [5.74, 6) is 2.17. The maximum absolute atomic E-state index is 12.9. The van der Waals surface area contributed by atoms with E-state index in [1.165, 1.54) is 24.3 Å². The van der Waals surface area contributed by atoms with Gasteiger partial charge in [0.2, 0.25) is 9.84 Å². The van der Waals surface area contributed by atoms with Crippen molar-refractivity contribution in [3.05, 3.63) is 97.1 Å². The first-order chi connectivity index (χ1) is 16.9. The Morgan fingerprint density at radius 2 is 0.857 bits per heavy atom. The molecule has 0 spiro atoms. The van der Waals surface area contributed by atoms with E-state index in [1.807, 2.05) is 27.7 Å². The molecule has 0 atom stereocenters. The normalized spacial score (nSPS) is 10.2. The van der Waals surface area contributed by atoms with Crippen LogP contribution >= 0.6 is 0 Å². The minimum absolute atomic E-state index is 0.164. The first kappa shape index (κ1) is 27.3. The third-order valence-electron chi connectivity index (χ3n) is 4.46. The molecule has 0 aliphatic carbocycles. The summed E-state index contributed by atoms with van der Waals surface area (Å²) in [4.78, 5) is 0.328. The predicted molar refractivity (Wildman–Crippen MR) is 143 cm³/mol. The first-order valence-corrected chi connectivity index (χ1v) is 12.9. The van der Waals surface area contributed by atoms with Crippen LogP contribution in [0.2, 0.25) is 0 Å². The highest BCUT2D eigenvalue weighted by Crippen LogP contribution is 2.29. The van der Waals surface area contributed by atoms with E-state index in [9.17, 15) is 8.42 Å². The van der Waals surface area contributed by atoms with Crippen molar-refractivity contribution in [1.29, 1.82) is 0 Å². The van der Waals surface area contributed by atoms with Gasteiger partial charge in [0.05, 0.1) is 9.79 Å². The highest BCUT2D eigenvalue weighted by molar-refractivity contribution is 7.91. The van der Waals surface area contributed by atoms with E-state index >= 15 is 0 Å². The third-order valence-corrected chi connectivity index (χ3v) is 6.24. The van der Waals surface area contributed by atoms with Crippen LogP contribution in [0, 0.1) is 0 Å². The van der Waals surface area contributed by atoms with Crippen molar-refractivity contribution in [2.24, 2.45) is 0 Å². The number of ether oxygens (including phenoxy) is 2. The number of rotatable bonds is 6. The summed E-state index contributed by atoms with van der Waals surface area (Å²) in [6.45, 7) is 8.00. The van der Waals surface area contributed by atoms with Crippen LogP contribution in [0.3, 0.4) is 0 Å². The van der Waals surface area contributed by atoms with Gasteiger partial charge in [0.15, 0.2) is 0 Å². The topological polar surface area (TPSA) is 105 Å². The smallest absolute Gasteiger partial charge is 0.206 e. The summed E-state index contributed by atoms with van der Waals surface area (Å²) in [6.07, 6.45) is 0. The maximum Gasteiger partial charge on any atom is 0.206 e. The van der Waals surface area contributed by atoms with Crippen LogP contribution in [-0.2, 0) is 9.84 Å². The number of hydrogen-bond acceptors (Lipinski definition) is 6. The van der Waals surface area contributed by atoms with E-state index in [1.54, 1.807) is 72.8 Å². The molecule has 6 nitrogen and oxygen atoms in total. The van der Waals surface area contributed by atoms with Crippen LogP contribution in [0.5, 0.6) is 23.0 Å². The van der Waals surface area contributed by atoms with E-state index in [-0.39, 0.29) is 9.79 Å². The highest BCUT2D eigenvalue weighted by Gasteiger charge is 2.18. The quantitative estimate of drug-likeness (QED) is 0.273. The van der Waals surface area contributed by atoms with Crippen LogP contribution in [-0.4, -0.2) is 8.42 Å². The molecule has 0 bridgehead atoms. The summed E-state index contributed by atoms with van der Waals surface area (Å²) in [5, 5.41) is 0. The van der Waals surface area contributed by atoms with Crippen LogP contribution in [0.1, 0.15) is 27.7 Å². The molecule has 0 saturated heterocycles. The van der Waals surface area contributed by atoms with Crippen molar-refractivity contribution in [2.45, 2.75) is 37.5 Å². The Bertz CT molecular complexity index is 1210. The molecule has 0 aromatic heterocycles. The van der Waals surface area contributed by atoms with Crippen LogP contribution < -0.4 is 20.9 Å². The van der Waals surface area contributed by atoms with Gasteiger partial charge in [-0.1, -0.05) is 39.8 Å². The Morgan fingerprint density at radius 3 is 1.17 bits per heavy atom. The standard InChI is InChI=1S/C24H20N2O4S.2C2H6/c25-17-3-1-5-21(15-17)29-19-7-11-23(12-8-19)31(27,28)24-13-9-20(10-14-24)30-22-6-2-4-18(26)16-22;2*1-2/h1-16H,25-26H2;2*1-2H3. The maximum atomic E-state index is 12.9. The Balaban J connectivity index is 0.00000103. The van der Waals surface area contributed by atoms with Crippen molar-refractivity contribution >= 4 is 21.2 Å². The highest BCUT2D eigenvalue weighted by atomic mass is 32.2. The summed E-state index contributed by atoms with van der Waals surface area (Å²) in [6, 6.07) is 26.5. The Hall–Kier alpha value is -3.97. The molecule has 4 N–H and O–H groups in total. The van der Waals surface area contributed by atoms with Gasteiger partial charge in [-0.3, -0.25) is 0 Å². The van der Waals surface area contributed by atoms with E-state index in [2.05, 4.69) is 0 Å². The Kier molecular flexibility index (Phi) is 10.2. The molecule has 7 heteroatoms. The molecule has 4 aromatic carbocycles. The molecule has 0 aliphatic heterocycles. The largest absolute Gasteiger partial charge is 0.457 e. The number of nitrogens with two attached hydrogens (primary N) is 2. The van der Waals surface area contributed by atoms with Crippen molar-refractivity contribution in [1.82, 2.24) is 0 Å². The first-order valence-electron chi connectivity index (χ1n) is 11.4. The second-order valence-corrected chi connectivity index (χ2v) is 8.75. The van der Waals surface area contributed by atoms with Crippen LogP contribution in [0.4, 0.5) is 11.4 Å². The second kappa shape index (κ2) is 13.1. The summed E-state index contributed by atoms with van der Waals surface area (Å²) in [7, 11) is -3.68. The molecule has 0 saturated carbocycles. The fourth-order valence-electron chi connectivity index (χ4n) is 2.94. The molecule has 4 aromatic rings. The lowest BCUT2D eigenvalue weighted by Crippen LogP contribution is -2.01. The fourth-order valence-corrected chi connectivity index (χ4v) is 4.20. The summed E-state index contributed by atoms with van der Waals surface area (Å²) in [5.41, 5.74) is 12.7. The minimum atomic E-state index is -3.68.